The zero-order chi connectivity index (χ0) is 19.0. The van der Waals surface area contributed by atoms with Crippen LogP contribution in [-0.2, 0) is 19.1 Å². The molecule has 0 radical (unpaired) electrons. The molecule has 0 aromatic heterocycles. The molecule has 0 fully saturated rings. The Morgan fingerprint density at radius 3 is 1.92 bits per heavy atom. The van der Waals surface area contributed by atoms with Gasteiger partial charge in [0.1, 0.15) is 11.2 Å². The predicted molar refractivity (Wildman–Crippen MR) is 98.0 cm³/mol. The Morgan fingerprint density at radius 2 is 1.42 bits per heavy atom. The van der Waals surface area contributed by atoms with Crippen molar-refractivity contribution in [3.8, 4) is 0 Å². The zero-order valence-corrected chi connectivity index (χ0v) is 17.0. The molecule has 0 aliphatic carbocycles. The maximum absolute atomic E-state index is 12.4. The monoisotopic (exact) mass is 342 g/mol. The molecular formula is C20H38O4. The van der Waals surface area contributed by atoms with Gasteiger partial charge in [0.15, 0.2) is 5.78 Å². The van der Waals surface area contributed by atoms with Gasteiger partial charge in [0.2, 0.25) is 0 Å². The molecule has 2 unspecified atom stereocenters. The van der Waals surface area contributed by atoms with Gasteiger partial charge in [0.05, 0.1) is 12.5 Å². The highest BCUT2D eigenvalue weighted by atomic mass is 16.6. The third-order valence-corrected chi connectivity index (χ3v) is 4.43. The van der Waals surface area contributed by atoms with Crippen LogP contribution in [-0.4, -0.2) is 29.6 Å². The van der Waals surface area contributed by atoms with E-state index in [1.165, 1.54) is 0 Å². The Bertz CT molecular complexity index is 398. The van der Waals surface area contributed by atoms with E-state index in [0.29, 0.717) is 13.0 Å². The van der Waals surface area contributed by atoms with Gasteiger partial charge in [-0.15, -0.1) is 0 Å². The Labute approximate surface area is 148 Å². The highest BCUT2D eigenvalue weighted by molar-refractivity contribution is 5.88. The third-order valence-electron chi connectivity index (χ3n) is 4.43. The first kappa shape index (κ1) is 23.1. The van der Waals surface area contributed by atoms with Crippen LogP contribution in [0.4, 0.5) is 0 Å². The van der Waals surface area contributed by atoms with E-state index in [1.54, 1.807) is 0 Å². The lowest BCUT2D eigenvalue weighted by molar-refractivity contribution is -0.165. The van der Waals surface area contributed by atoms with E-state index in [9.17, 15) is 9.59 Å². The van der Waals surface area contributed by atoms with E-state index in [1.807, 2.05) is 41.5 Å². The molecule has 0 aliphatic heterocycles. The molecule has 0 N–H and O–H groups in total. The van der Waals surface area contributed by atoms with E-state index in [2.05, 4.69) is 13.8 Å². The van der Waals surface area contributed by atoms with Crippen LogP contribution in [0.25, 0.3) is 0 Å². The minimum atomic E-state index is -0.801. The fourth-order valence-corrected chi connectivity index (χ4v) is 2.76. The predicted octanol–water partition coefficient (Wildman–Crippen LogP) is 4.94. The number of carbonyl (C=O) groups excluding carboxylic acids is 2. The number of ether oxygens (including phenoxy) is 2. The molecule has 0 amide bonds. The Hall–Kier alpha value is -0.900. The minimum absolute atomic E-state index is 0.00531. The molecule has 0 spiro atoms. The highest BCUT2D eigenvalue weighted by Gasteiger charge is 2.33. The van der Waals surface area contributed by atoms with E-state index in [-0.39, 0.29) is 23.6 Å². The van der Waals surface area contributed by atoms with Crippen molar-refractivity contribution < 1.29 is 19.1 Å². The van der Waals surface area contributed by atoms with Crippen LogP contribution in [0.15, 0.2) is 0 Å². The average molecular weight is 343 g/mol. The summed E-state index contributed by atoms with van der Waals surface area (Å²) in [6, 6.07) is 0. The zero-order valence-electron chi connectivity index (χ0n) is 17.0. The van der Waals surface area contributed by atoms with Crippen molar-refractivity contribution in [2.75, 3.05) is 6.61 Å². The summed E-state index contributed by atoms with van der Waals surface area (Å²) in [5.41, 5.74) is -1.39. The van der Waals surface area contributed by atoms with Crippen LogP contribution in [0.2, 0.25) is 0 Å². The molecule has 0 bridgehead atoms. The number of rotatable bonds is 12. The first-order valence-electron chi connectivity index (χ1n) is 9.38. The molecule has 0 aromatic rings. The van der Waals surface area contributed by atoms with Gasteiger partial charge in [-0.3, -0.25) is 9.59 Å². The normalized spacial score (nSPS) is 15.0. The van der Waals surface area contributed by atoms with Crippen LogP contribution in [0, 0.1) is 11.8 Å². The van der Waals surface area contributed by atoms with E-state index in [0.717, 1.165) is 25.7 Å². The lowest BCUT2D eigenvalue weighted by Gasteiger charge is -2.30. The summed E-state index contributed by atoms with van der Waals surface area (Å²) in [4.78, 5) is 24.5. The summed E-state index contributed by atoms with van der Waals surface area (Å²) in [6.45, 7) is 15.8. The van der Waals surface area contributed by atoms with Gasteiger partial charge >= 0.3 is 5.97 Å². The van der Waals surface area contributed by atoms with Crippen molar-refractivity contribution in [3.05, 3.63) is 0 Å². The van der Waals surface area contributed by atoms with E-state index in [4.69, 9.17) is 9.47 Å². The molecule has 142 valence electrons. The van der Waals surface area contributed by atoms with Crippen LogP contribution in [0.5, 0.6) is 0 Å². The standard InChI is InChI=1S/C20H38O4/c1-9-11-15(3)17(21)20(7,8)23-14-13-19(5,6)24-18(22)16(4)12-10-2/h15-16H,9-14H2,1-8H3. The largest absolute Gasteiger partial charge is 0.459 e. The van der Waals surface area contributed by atoms with Crippen LogP contribution < -0.4 is 0 Å². The maximum Gasteiger partial charge on any atom is 0.309 e. The summed E-state index contributed by atoms with van der Waals surface area (Å²) >= 11 is 0. The Kier molecular flexibility index (Phi) is 9.79. The van der Waals surface area contributed by atoms with Crippen LogP contribution in [0.3, 0.4) is 0 Å². The number of Topliss-reactive ketones (excluding diaryl/α,β-unsaturated/α-hetero) is 1. The van der Waals surface area contributed by atoms with Crippen molar-refractivity contribution >= 4 is 11.8 Å². The molecule has 0 saturated carbocycles. The van der Waals surface area contributed by atoms with Gasteiger partial charge in [0.25, 0.3) is 0 Å². The molecule has 2 atom stereocenters. The first-order chi connectivity index (χ1) is 11.0. The molecular weight excluding hydrogens is 304 g/mol. The van der Waals surface area contributed by atoms with E-state index >= 15 is 0 Å². The second kappa shape index (κ2) is 10.2. The average Bonchev–Trinajstić information content (AvgIpc) is 2.45. The fraction of sp³-hybridized carbons (Fsp3) is 0.900. The van der Waals surface area contributed by atoms with Crippen molar-refractivity contribution in [2.45, 2.75) is 98.7 Å². The summed E-state index contributed by atoms with van der Waals surface area (Å²) in [6.07, 6.45) is 4.23. The SMILES string of the molecule is CCCC(C)C(=O)OC(C)(C)CCOC(C)(C)C(=O)C(C)CCC. The summed E-state index contributed by atoms with van der Waals surface area (Å²) in [7, 11) is 0. The van der Waals surface area contributed by atoms with Gasteiger partial charge in [0, 0.05) is 12.3 Å². The van der Waals surface area contributed by atoms with Crippen molar-refractivity contribution in [1.29, 1.82) is 0 Å². The fourth-order valence-electron chi connectivity index (χ4n) is 2.76. The molecule has 4 nitrogen and oxygen atoms in total. The van der Waals surface area contributed by atoms with Crippen LogP contribution >= 0.6 is 0 Å². The highest BCUT2D eigenvalue weighted by Crippen LogP contribution is 2.23. The number of hydrogen-bond donors (Lipinski definition) is 0. The summed E-state index contributed by atoms with van der Waals surface area (Å²) in [5, 5.41) is 0. The van der Waals surface area contributed by atoms with Gasteiger partial charge < -0.3 is 9.47 Å². The molecule has 0 heterocycles. The van der Waals surface area contributed by atoms with E-state index < -0.39 is 11.2 Å². The van der Waals surface area contributed by atoms with Crippen LogP contribution in [0.1, 0.15) is 87.5 Å². The minimum Gasteiger partial charge on any atom is -0.459 e. The Balaban J connectivity index is 4.45. The number of ketones is 1. The second-order valence-electron chi connectivity index (χ2n) is 8.03. The van der Waals surface area contributed by atoms with Gasteiger partial charge in [-0.2, -0.15) is 0 Å². The summed E-state index contributed by atoms with van der Waals surface area (Å²) < 4.78 is 11.5. The molecule has 0 aliphatic rings. The van der Waals surface area contributed by atoms with Crippen molar-refractivity contribution in [3.63, 3.8) is 0 Å². The summed E-state index contributed by atoms with van der Waals surface area (Å²) in [5.74, 6) is -0.0988. The third kappa shape index (κ3) is 8.27. The lowest BCUT2D eigenvalue weighted by atomic mass is 9.90. The molecule has 4 heteroatoms. The first-order valence-corrected chi connectivity index (χ1v) is 9.38. The molecule has 0 rings (SSSR count). The Morgan fingerprint density at radius 1 is 0.917 bits per heavy atom. The second-order valence-corrected chi connectivity index (χ2v) is 8.03. The van der Waals surface area contributed by atoms with Gasteiger partial charge in [-0.25, -0.2) is 0 Å². The molecule has 24 heavy (non-hydrogen) atoms. The molecule has 0 aromatic carbocycles. The van der Waals surface area contributed by atoms with Crippen molar-refractivity contribution in [1.82, 2.24) is 0 Å². The topological polar surface area (TPSA) is 52.6 Å². The maximum atomic E-state index is 12.4. The number of esters is 1. The van der Waals surface area contributed by atoms with Gasteiger partial charge in [-0.1, -0.05) is 40.5 Å². The van der Waals surface area contributed by atoms with Gasteiger partial charge in [-0.05, 0) is 40.5 Å². The van der Waals surface area contributed by atoms with Crippen molar-refractivity contribution in [2.24, 2.45) is 11.8 Å². The smallest absolute Gasteiger partial charge is 0.309 e. The quantitative estimate of drug-likeness (QED) is 0.472. The number of carbonyl (C=O) groups is 2. The molecule has 0 saturated heterocycles. The number of hydrogen-bond acceptors (Lipinski definition) is 4. The lowest BCUT2D eigenvalue weighted by Crippen LogP contribution is -2.40.